The van der Waals surface area contributed by atoms with Crippen LogP contribution in [0.5, 0.6) is 0 Å². The number of H-pyrrole nitrogens is 1. The Morgan fingerprint density at radius 1 is 1.50 bits per heavy atom. The molecule has 16 heavy (non-hydrogen) atoms. The number of hydrogen-bond acceptors (Lipinski definition) is 4. The minimum atomic E-state index is -0.936. The number of carbonyl (C=O) groups is 1. The van der Waals surface area contributed by atoms with Crippen molar-refractivity contribution in [3.05, 3.63) is 35.7 Å². The number of benzene rings is 1. The summed E-state index contributed by atoms with van der Waals surface area (Å²) in [5, 5.41) is 16.1. The van der Waals surface area contributed by atoms with Gasteiger partial charge in [-0.1, -0.05) is 6.07 Å². The Kier molecular flexibility index (Phi) is 2.91. The van der Waals surface area contributed by atoms with E-state index in [1.165, 1.54) is 11.8 Å². The van der Waals surface area contributed by atoms with Crippen LogP contribution in [0.2, 0.25) is 0 Å². The summed E-state index contributed by atoms with van der Waals surface area (Å²) >= 11 is 1.32. The van der Waals surface area contributed by atoms with Crippen LogP contribution in [0, 0.1) is 6.92 Å². The molecule has 0 aliphatic rings. The monoisotopic (exact) mass is 235 g/mol. The summed E-state index contributed by atoms with van der Waals surface area (Å²) in [6, 6.07) is 6.67. The second-order valence-electron chi connectivity index (χ2n) is 3.14. The lowest BCUT2D eigenvalue weighted by atomic mass is 10.2. The zero-order valence-electron chi connectivity index (χ0n) is 8.47. The summed E-state index contributed by atoms with van der Waals surface area (Å²) in [7, 11) is 0. The van der Waals surface area contributed by atoms with E-state index in [0.717, 1.165) is 10.7 Å². The summed E-state index contributed by atoms with van der Waals surface area (Å²) < 4.78 is 0. The Balaban J connectivity index is 2.21. The first-order chi connectivity index (χ1) is 7.65. The molecule has 0 saturated heterocycles. The quantitative estimate of drug-likeness (QED) is 0.850. The molecule has 5 nitrogen and oxygen atoms in total. The van der Waals surface area contributed by atoms with E-state index in [1.807, 2.05) is 13.0 Å². The van der Waals surface area contributed by atoms with Gasteiger partial charge in [0, 0.05) is 4.90 Å². The predicted octanol–water partition coefficient (Wildman–Crippen LogP) is 1.96. The first-order valence-corrected chi connectivity index (χ1v) is 5.37. The topological polar surface area (TPSA) is 78.9 Å². The number of carboxylic acids is 1. The number of hydrogen-bond donors (Lipinski definition) is 2. The summed E-state index contributed by atoms with van der Waals surface area (Å²) in [5.74, 6) is -0.203. The molecule has 6 heteroatoms. The fourth-order valence-electron chi connectivity index (χ4n) is 1.17. The molecule has 0 saturated carbocycles. The predicted molar refractivity (Wildman–Crippen MR) is 58.6 cm³/mol. The number of aromatic nitrogens is 3. The SMILES string of the molecule is Cc1nc(Sc2cccc(C(=O)O)c2)n[nH]1. The third kappa shape index (κ3) is 2.40. The summed E-state index contributed by atoms with van der Waals surface area (Å²) in [4.78, 5) is 15.7. The summed E-state index contributed by atoms with van der Waals surface area (Å²) in [6.07, 6.45) is 0. The third-order valence-electron chi connectivity index (χ3n) is 1.87. The fraction of sp³-hybridized carbons (Fsp3) is 0.100. The second kappa shape index (κ2) is 4.36. The normalized spacial score (nSPS) is 10.3. The molecule has 82 valence electrons. The molecule has 0 bridgehead atoms. The highest BCUT2D eigenvalue weighted by molar-refractivity contribution is 7.99. The van der Waals surface area contributed by atoms with Gasteiger partial charge in [0.1, 0.15) is 5.82 Å². The molecule has 0 spiro atoms. The van der Waals surface area contributed by atoms with Crippen LogP contribution in [0.1, 0.15) is 16.2 Å². The second-order valence-corrected chi connectivity index (χ2v) is 4.18. The van der Waals surface area contributed by atoms with E-state index in [2.05, 4.69) is 15.2 Å². The molecule has 2 N–H and O–H groups in total. The van der Waals surface area contributed by atoms with Crippen molar-refractivity contribution in [2.75, 3.05) is 0 Å². The first-order valence-electron chi connectivity index (χ1n) is 4.55. The van der Waals surface area contributed by atoms with E-state index in [0.29, 0.717) is 5.16 Å². The van der Waals surface area contributed by atoms with Crippen LogP contribution in [0.4, 0.5) is 0 Å². The molecule has 0 radical (unpaired) electrons. The van der Waals surface area contributed by atoms with Crippen LogP contribution in [0.3, 0.4) is 0 Å². The van der Waals surface area contributed by atoms with Crippen LogP contribution >= 0.6 is 11.8 Å². The van der Waals surface area contributed by atoms with Crippen LogP contribution in [-0.2, 0) is 0 Å². The fourth-order valence-corrected chi connectivity index (χ4v) is 1.98. The highest BCUT2D eigenvalue weighted by atomic mass is 32.2. The molecule has 0 atom stereocenters. The van der Waals surface area contributed by atoms with Gasteiger partial charge in [-0.25, -0.2) is 9.78 Å². The molecule has 0 aliphatic carbocycles. The molecular formula is C10H9N3O2S. The van der Waals surface area contributed by atoms with Gasteiger partial charge in [-0.3, -0.25) is 5.10 Å². The number of rotatable bonds is 3. The average Bonchev–Trinajstić information content (AvgIpc) is 2.64. The number of nitrogens with zero attached hydrogens (tertiary/aromatic N) is 2. The molecule has 0 fully saturated rings. The Labute approximate surface area is 95.9 Å². The van der Waals surface area contributed by atoms with E-state index in [4.69, 9.17) is 5.11 Å². The highest BCUT2D eigenvalue weighted by Gasteiger charge is 2.06. The molecule has 0 amide bonds. The summed E-state index contributed by atoms with van der Waals surface area (Å²) in [6.45, 7) is 1.81. The molecular weight excluding hydrogens is 226 g/mol. The Morgan fingerprint density at radius 3 is 2.94 bits per heavy atom. The standard InChI is InChI=1S/C10H9N3O2S/c1-6-11-10(13-12-6)16-8-4-2-3-7(5-8)9(14)15/h2-5H,1H3,(H,14,15)(H,11,12,13). The molecule has 1 aromatic carbocycles. The van der Waals surface area contributed by atoms with Gasteiger partial charge in [0.2, 0.25) is 5.16 Å². The molecule has 0 aliphatic heterocycles. The van der Waals surface area contributed by atoms with Crippen molar-refractivity contribution in [3.8, 4) is 0 Å². The average molecular weight is 235 g/mol. The van der Waals surface area contributed by atoms with Gasteiger partial charge in [0.25, 0.3) is 0 Å². The summed E-state index contributed by atoms with van der Waals surface area (Å²) in [5.41, 5.74) is 0.261. The molecule has 2 aromatic rings. The largest absolute Gasteiger partial charge is 0.478 e. The first kappa shape index (κ1) is 10.7. The van der Waals surface area contributed by atoms with Crippen molar-refractivity contribution in [1.29, 1.82) is 0 Å². The molecule has 1 heterocycles. The van der Waals surface area contributed by atoms with Crippen molar-refractivity contribution in [2.24, 2.45) is 0 Å². The lowest BCUT2D eigenvalue weighted by Gasteiger charge is -1.98. The van der Waals surface area contributed by atoms with Gasteiger partial charge < -0.3 is 5.11 Å². The maximum Gasteiger partial charge on any atom is 0.335 e. The molecule has 1 aromatic heterocycles. The van der Waals surface area contributed by atoms with Crippen molar-refractivity contribution in [3.63, 3.8) is 0 Å². The number of carboxylic acid groups (broad SMARTS) is 1. The minimum Gasteiger partial charge on any atom is -0.478 e. The van der Waals surface area contributed by atoms with Gasteiger partial charge in [-0.15, -0.1) is 5.10 Å². The van der Waals surface area contributed by atoms with E-state index >= 15 is 0 Å². The number of aromatic carboxylic acids is 1. The highest BCUT2D eigenvalue weighted by Crippen LogP contribution is 2.24. The zero-order chi connectivity index (χ0) is 11.5. The lowest BCUT2D eigenvalue weighted by molar-refractivity contribution is 0.0696. The van der Waals surface area contributed by atoms with Crippen LogP contribution in [-0.4, -0.2) is 26.3 Å². The maximum atomic E-state index is 10.8. The maximum absolute atomic E-state index is 10.8. The lowest BCUT2D eigenvalue weighted by Crippen LogP contribution is -1.95. The van der Waals surface area contributed by atoms with Crippen molar-refractivity contribution in [2.45, 2.75) is 17.0 Å². The van der Waals surface area contributed by atoms with Gasteiger partial charge in [-0.05, 0) is 36.9 Å². The zero-order valence-corrected chi connectivity index (χ0v) is 9.28. The Bertz CT molecular complexity index is 524. The van der Waals surface area contributed by atoms with E-state index in [1.54, 1.807) is 18.2 Å². The number of aromatic amines is 1. The molecule has 2 rings (SSSR count). The third-order valence-corrected chi connectivity index (χ3v) is 2.72. The van der Waals surface area contributed by atoms with Crippen molar-refractivity contribution >= 4 is 17.7 Å². The van der Waals surface area contributed by atoms with Gasteiger partial charge in [0.15, 0.2) is 0 Å². The van der Waals surface area contributed by atoms with E-state index in [9.17, 15) is 4.79 Å². The van der Waals surface area contributed by atoms with Gasteiger partial charge in [-0.2, -0.15) is 0 Å². The van der Waals surface area contributed by atoms with Crippen LogP contribution < -0.4 is 0 Å². The smallest absolute Gasteiger partial charge is 0.335 e. The Morgan fingerprint density at radius 2 is 2.31 bits per heavy atom. The van der Waals surface area contributed by atoms with Gasteiger partial charge in [0.05, 0.1) is 5.56 Å². The molecule has 0 unspecified atom stereocenters. The van der Waals surface area contributed by atoms with Crippen molar-refractivity contribution in [1.82, 2.24) is 15.2 Å². The van der Waals surface area contributed by atoms with Crippen molar-refractivity contribution < 1.29 is 9.90 Å². The van der Waals surface area contributed by atoms with E-state index < -0.39 is 5.97 Å². The van der Waals surface area contributed by atoms with Crippen LogP contribution in [0.15, 0.2) is 34.3 Å². The minimum absolute atomic E-state index is 0.261. The number of nitrogens with one attached hydrogen (secondary N) is 1. The van der Waals surface area contributed by atoms with Crippen LogP contribution in [0.25, 0.3) is 0 Å². The number of aryl methyl sites for hydroxylation is 1. The van der Waals surface area contributed by atoms with Gasteiger partial charge >= 0.3 is 5.97 Å². The van der Waals surface area contributed by atoms with E-state index in [-0.39, 0.29) is 5.56 Å². The Hall–Kier alpha value is -1.82.